The number of aliphatic hydroxyl groups excluding tert-OH is 1. The molecule has 1 rings (SSSR count). The molecule has 0 heterocycles. The van der Waals surface area contributed by atoms with E-state index < -0.39 is 15.9 Å². The van der Waals surface area contributed by atoms with Crippen LogP contribution < -0.4 is 0 Å². The van der Waals surface area contributed by atoms with Gasteiger partial charge in [-0.15, -0.1) is 0 Å². The lowest BCUT2D eigenvalue weighted by atomic mass is 9.91. The molecular formula is C16H26O3S. The fourth-order valence-electron chi connectivity index (χ4n) is 2.39. The molecule has 0 amide bonds. The Morgan fingerprint density at radius 2 is 1.95 bits per heavy atom. The summed E-state index contributed by atoms with van der Waals surface area (Å²) in [5.74, 6) is 0.492. The molecule has 0 aromatic heterocycles. The minimum Gasteiger partial charge on any atom is -0.388 e. The molecule has 1 aromatic carbocycles. The Balaban J connectivity index is 2.79. The largest absolute Gasteiger partial charge is 0.388 e. The van der Waals surface area contributed by atoms with Gasteiger partial charge in [-0.2, -0.15) is 0 Å². The van der Waals surface area contributed by atoms with Crippen molar-refractivity contribution in [1.29, 1.82) is 0 Å². The highest BCUT2D eigenvalue weighted by Crippen LogP contribution is 2.27. The number of sulfone groups is 1. The summed E-state index contributed by atoms with van der Waals surface area (Å²) >= 11 is 0. The minimum absolute atomic E-state index is 0.274. The minimum atomic E-state index is -3.22. The van der Waals surface area contributed by atoms with E-state index in [9.17, 15) is 13.5 Å². The fourth-order valence-corrected chi connectivity index (χ4v) is 3.06. The molecule has 0 aliphatic carbocycles. The number of hydrogen-bond acceptors (Lipinski definition) is 3. The van der Waals surface area contributed by atoms with Gasteiger partial charge in [-0.05, 0) is 30.0 Å². The second-order valence-electron chi connectivity index (χ2n) is 5.51. The van der Waals surface area contributed by atoms with Crippen molar-refractivity contribution >= 4 is 9.84 Å². The quantitative estimate of drug-likeness (QED) is 0.795. The summed E-state index contributed by atoms with van der Waals surface area (Å²) in [6.45, 7) is 4.30. The second-order valence-corrected chi connectivity index (χ2v) is 7.53. The third-order valence-electron chi connectivity index (χ3n) is 3.77. The van der Waals surface area contributed by atoms with E-state index in [0.717, 1.165) is 19.3 Å². The third-order valence-corrected chi connectivity index (χ3v) is 4.88. The van der Waals surface area contributed by atoms with Crippen molar-refractivity contribution in [3.63, 3.8) is 0 Å². The molecule has 1 N–H and O–H groups in total. The standard InChI is InChI=1S/C16H26O3S/c1-4-6-8-13(5-2)11-16(17)14-9-7-10-15(12-14)20(3,18)19/h7,9-10,12-13,16-17H,4-6,8,11H2,1-3H3. The Kier molecular flexibility index (Phi) is 6.69. The van der Waals surface area contributed by atoms with E-state index >= 15 is 0 Å². The molecule has 4 heteroatoms. The van der Waals surface area contributed by atoms with Crippen LogP contribution in [0.3, 0.4) is 0 Å². The van der Waals surface area contributed by atoms with Crippen LogP contribution in [0.25, 0.3) is 0 Å². The third kappa shape index (κ3) is 5.25. The lowest BCUT2D eigenvalue weighted by molar-refractivity contribution is 0.139. The van der Waals surface area contributed by atoms with Crippen LogP contribution in [0.2, 0.25) is 0 Å². The van der Waals surface area contributed by atoms with Crippen LogP contribution >= 0.6 is 0 Å². The van der Waals surface area contributed by atoms with Crippen molar-refractivity contribution in [2.45, 2.75) is 57.0 Å². The maximum absolute atomic E-state index is 11.5. The topological polar surface area (TPSA) is 54.4 Å². The highest BCUT2D eigenvalue weighted by molar-refractivity contribution is 7.90. The van der Waals surface area contributed by atoms with Gasteiger partial charge in [-0.3, -0.25) is 0 Å². The molecule has 2 atom stereocenters. The zero-order valence-electron chi connectivity index (χ0n) is 12.7. The number of aliphatic hydroxyl groups is 1. The fraction of sp³-hybridized carbons (Fsp3) is 0.625. The van der Waals surface area contributed by atoms with E-state index in [-0.39, 0.29) is 4.90 Å². The smallest absolute Gasteiger partial charge is 0.175 e. The summed E-state index contributed by atoms with van der Waals surface area (Å²) in [5, 5.41) is 10.3. The number of unbranched alkanes of at least 4 members (excludes halogenated alkanes) is 1. The summed E-state index contributed by atoms with van der Waals surface area (Å²) < 4.78 is 23.1. The van der Waals surface area contributed by atoms with Gasteiger partial charge in [0.25, 0.3) is 0 Å². The first kappa shape index (κ1) is 17.2. The van der Waals surface area contributed by atoms with Crippen LogP contribution in [0, 0.1) is 5.92 Å². The summed E-state index contributed by atoms with van der Waals surface area (Å²) in [7, 11) is -3.22. The second kappa shape index (κ2) is 7.79. The highest BCUT2D eigenvalue weighted by Gasteiger charge is 2.16. The SMILES string of the molecule is CCCCC(CC)CC(O)c1cccc(S(C)(=O)=O)c1. The summed E-state index contributed by atoms with van der Waals surface area (Å²) in [4.78, 5) is 0.274. The highest BCUT2D eigenvalue weighted by atomic mass is 32.2. The average molecular weight is 298 g/mol. The zero-order chi connectivity index (χ0) is 15.2. The molecule has 0 saturated heterocycles. The van der Waals surface area contributed by atoms with Gasteiger partial charge >= 0.3 is 0 Å². The van der Waals surface area contributed by atoms with Crippen molar-refractivity contribution in [2.24, 2.45) is 5.92 Å². The molecule has 3 nitrogen and oxygen atoms in total. The molecule has 0 aliphatic rings. The van der Waals surface area contributed by atoms with Gasteiger partial charge in [0.05, 0.1) is 11.0 Å². The van der Waals surface area contributed by atoms with Crippen LogP contribution in [-0.2, 0) is 9.84 Å². The molecule has 0 bridgehead atoms. The Hall–Kier alpha value is -0.870. The van der Waals surface area contributed by atoms with Crippen LogP contribution in [0.4, 0.5) is 0 Å². The lowest BCUT2D eigenvalue weighted by Crippen LogP contribution is -2.08. The molecule has 0 radical (unpaired) electrons. The number of hydrogen-bond donors (Lipinski definition) is 1. The predicted octanol–water partition coefficient (Wildman–Crippen LogP) is 3.73. The van der Waals surface area contributed by atoms with E-state index in [1.807, 2.05) is 0 Å². The Morgan fingerprint density at radius 3 is 2.50 bits per heavy atom. The van der Waals surface area contributed by atoms with E-state index in [1.165, 1.54) is 12.7 Å². The van der Waals surface area contributed by atoms with Crippen LogP contribution in [0.1, 0.15) is 57.6 Å². The normalized spacial score (nSPS) is 15.0. The van der Waals surface area contributed by atoms with E-state index in [4.69, 9.17) is 0 Å². The monoisotopic (exact) mass is 298 g/mol. The number of benzene rings is 1. The van der Waals surface area contributed by atoms with Crippen molar-refractivity contribution < 1.29 is 13.5 Å². The molecule has 0 fully saturated rings. The molecule has 20 heavy (non-hydrogen) atoms. The lowest BCUT2D eigenvalue weighted by Gasteiger charge is -2.19. The van der Waals surface area contributed by atoms with Crippen molar-refractivity contribution in [3.05, 3.63) is 29.8 Å². The molecular weight excluding hydrogens is 272 g/mol. The molecule has 0 aliphatic heterocycles. The van der Waals surface area contributed by atoms with Gasteiger partial charge in [-0.1, -0.05) is 51.7 Å². The molecule has 1 aromatic rings. The summed E-state index contributed by atoms with van der Waals surface area (Å²) in [6, 6.07) is 6.65. The predicted molar refractivity (Wildman–Crippen MR) is 82.4 cm³/mol. The Labute approximate surface area is 123 Å². The summed E-state index contributed by atoms with van der Waals surface area (Å²) in [5.41, 5.74) is 0.697. The van der Waals surface area contributed by atoms with E-state index in [2.05, 4.69) is 13.8 Å². The van der Waals surface area contributed by atoms with Crippen molar-refractivity contribution in [3.8, 4) is 0 Å². The van der Waals surface area contributed by atoms with Crippen LogP contribution in [0.5, 0.6) is 0 Å². The van der Waals surface area contributed by atoms with E-state index in [1.54, 1.807) is 24.3 Å². The average Bonchev–Trinajstić information content (AvgIpc) is 2.42. The van der Waals surface area contributed by atoms with Crippen molar-refractivity contribution in [1.82, 2.24) is 0 Å². The van der Waals surface area contributed by atoms with Crippen molar-refractivity contribution in [2.75, 3.05) is 6.26 Å². The van der Waals surface area contributed by atoms with Crippen LogP contribution in [0.15, 0.2) is 29.2 Å². The maximum atomic E-state index is 11.5. The van der Waals surface area contributed by atoms with Gasteiger partial charge < -0.3 is 5.11 Å². The molecule has 0 spiro atoms. The Morgan fingerprint density at radius 1 is 1.25 bits per heavy atom. The van der Waals surface area contributed by atoms with Gasteiger partial charge in [0.15, 0.2) is 9.84 Å². The summed E-state index contributed by atoms with van der Waals surface area (Å²) in [6.07, 6.45) is 5.81. The van der Waals surface area contributed by atoms with Gasteiger partial charge in [0, 0.05) is 6.26 Å². The Bertz CT molecular complexity index is 508. The van der Waals surface area contributed by atoms with Gasteiger partial charge in [0.1, 0.15) is 0 Å². The van der Waals surface area contributed by atoms with Crippen LogP contribution in [-0.4, -0.2) is 19.8 Å². The first-order chi connectivity index (χ1) is 9.38. The number of rotatable bonds is 8. The molecule has 114 valence electrons. The molecule has 0 saturated carbocycles. The first-order valence-electron chi connectivity index (χ1n) is 7.36. The van der Waals surface area contributed by atoms with Gasteiger partial charge in [0.2, 0.25) is 0 Å². The molecule has 2 unspecified atom stereocenters. The zero-order valence-corrected chi connectivity index (χ0v) is 13.5. The maximum Gasteiger partial charge on any atom is 0.175 e. The first-order valence-corrected chi connectivity index (χ1v) is 9.25. The van der Waals surface area contributed by atoms with Gasteiger partial charge in [-0.25, -0.2) is 8.42 Å². The van der Waals surface area contributed by atoms with E-state index in [0.29, 0.717) is 17.9 Å².